The maximum absolute atomic E-state index is 11.0. The van der Waals surface area contributed by atoms with Crippen LogP contribution in [0.1, 0.15) is 37.5 Å². The Morgan fingerprint density at radius 2 is 2.20 bits per heavy atom. The van der Waals surface area contributed by atoms with Crippen LogP contribution in [-0.2, 0) is 10.8 Å². The van der Waals surface area contributed by atoms with Gasteiger partial charge in [0.05, 0.1) is 11.4 Å². The zero-order valence-corrected chi connectivity index (χ0v) is 10.6. The van der Waals surface area contributed by atoms with Gasteiger partial charge >= 0.3 is 0 Å². The number of halogens is 1. The molecule has 0 fully saturated rings. The molecule has 0 N–H and O–H groups in total. The summed E-state index contributed by atoms with van der Waals surface area (Å²) in [6, 6.07) is 0.125. The van der Waals surface area contributed by atoms with E-state index >= 15 is 0 Å². The lowest BCUT2D eigenvalue weighted by Gasteiger charge is -2.13. The third kappa shape index (κ3) is 3.53. The first-order chi connectivity index (χ1) is 7.02. The van der Waals surface area contributed by atoms with Crippen LogP contribution in [0.15, 0.2) is 0 Å². The molecular weight excluding hydrogens is 236 g/mol. The van der Waals surface area contributed by atoms with Crippen molar-refractivity contribution in [2.45, 2.75) is 31.7 Å². The smallest absolute Gasteiger partial charge is 0.169 e. The summed E-state index contributed by atoms with van der Waals surface area (Å²) >= 11 is 5.93. The molecule has 0 aliphatic rings. The molecule has 0 radical (unpaired) electrons. The molecule has 0 amide bonds. The number of hydrogen-bond donors (Lipinski definition) is 0. The zero-order valence-electron chi connectivity index (χ0n) is 9.05. The largest absolute Gasteiger partial charge is 0.260 e. The van der Waals surface area contributed by atoms with Gasteiger partial charge in [0.1, 0.15) is 0 Å². The molecule has 0 spiro atoms. The van der Waals surface area contributed by atoms with E-state index in [1.807, 2.05) is 13.8 Å². The van der Waals surface area contributed by atoms with Gasteiger partial charge in [-0.25, -0.2) is 4.68 Å². The summed E-state index contributed by atoms with van der Waals surface area (Å²) in [5, 5.41) is 11.1. The topological polar surface area (TPSA) is 60.7 Å². The fraction of sp³-hybridized carbons (Fsp3) is 0.875. The number of tetrazole rings is 1. The summed E-state index contributed by atoms with van der Waals surface area (Å²) in [5.74, 6) is 1.31. The highest BCUT2D eigenvalue weighted by Gasteiger charge is 2.16. The van der Waals surface area contributed by atoms with Crippen LogP contribution < -0.4 is 0 Å². The monoisotopic (exact) mass is 250 g/mol. The molecule has 1 heterocycles. The number of rotatable bonds is 5. The molecule has 15 heavy (non-hydrogen) atoms. The SMILES string of the molecule is CC(Cl)c1nnnn1C(C)CCS(C)=O. The van der Waals surface area contributed by atoms with Crippen LogP contribution >= 0.6 is 11.6 Å². The van der Waals surface area contributed by atoms with Gasteiger partial charge in [0.15, 0.2) is 5.82 Å². The Balaban J connectivity index is 2.68. The minimum atomic E-state index is -0.780. The van der Waals surface area contributed by atoms with Gasteiger partial charge in [-0.1, -0.05) is 0 Å². The van der Waals surface area contributed by atoms with Gasteiger partial charge < -0.3 is 0 Å². The second kappa shape index (κ2) is 5.55. The Morgan fingerprint density at radius 3 is 2.73 bits per heavy atom. The lowest BCUT2D eigenvalue weighted by atomic mass is 10.2. The lowest BCUT2D eigenvalue weighted by molar-refractivity contribution is 0.449. The van der Waals surface area contributed by atoms with Gasteiger partial charge in [-0.05, 0) is 30.7 Å². The van der Waals surface area contributed by atoms with Gasteiger partial charge in [-0.3, -0.25) is 4.21 Å². The van der Waals surface area contributed by atoms with Crippen molar-refractivity contribution in [3.63, 3.8) is 0 Å². The summed E-state index contributed by atoms with van der Waals surface area (Å²) < 4.78 is 12.7. The summed E-state index contributed by atoms with van der Waals surface area (Å²) in [5.41, 5.74) is 0. The van der Waals surface area contributed by atoms with Crippen LogP contribution in [-0.4, -0.2) is 36.4 Å². The molecule has 0 saturated carbocycles. The third-order valence-corrected chi connectivity index (χ3v) is 3.12. The van der Waals surface area contributed by atoms with E-state index in [-0.39, 0.29) is 11.4 Å². The van der Waals surface area contributed by atoms with Crippen LogP contribution in [0.5, 0.6) is 0 Å². The third-order valence-electron chi connectivity index (χ3n) is 2.11. The van der Waals surface area contributed by atoms with Crippen molar-refractivity contribution in [1.82, 2.24) is 20.2 Å². The van der Waals surface area contributed by atoms with Gasteiger partial charge in [-0.15, -0.1) is 16.7 Å². The van der Waals surface area contributed by atoms with Crippen LogP contribution in [0, 0.1) is 0 Å². The molecule has 1 rings (SSSR count). The average molecular weight is 251 g/mol. The Morgan fingerprint density at radius 1 is 1.53 bits per heavy atom. The van der Waals surface area contributed by atoms with E-state index in [0.717, 1.165) is 6.42 Å². The molecule has 0 aliphatic heterocycles. The van der Waals surface area contributed by atoms with E-state index in [1.54, 1.807) is 10.9 Å². The molecule has 3 unspecified atom stereocenters. The maximum Gasteiger partial charge on any atom is 0.169 e. The summed E-state index contributed by atoms with van der Waals surface area (Å²) in [6.07, 6.45) is 2.47. The van der Waals surface area contributed by atoms with Crippen LogP contribution in [0.25, 0.3) is 0 Å². The van der Waals surface area contributed by atoms with E-state index in [9.17, 15) is 4.21 Å². The van der Waals surface area contributed by atoms with Crippen molar-refractivity contribution in [3.8, 4) is 0 Å². The predicted octanol–water partition coefficient (Wildman–Crippen LogP) is 1.30. The van der Waals surface area contributed by atoms with Crippen molar-refractivity contribution in [3.05, 3.63) is 5.82 Å². The van der Waals surface area contributed by atoms with Crippen LogP contribution in [0.2, 0.25) is 0 Å². The molecule has 0 saturated heterocycles. The second-order valence-electron chi connectivity index (χ2n) is 3.51. The number of alkyl halides is 1. The Kier molecular flexibility index (Phi) is 4.66. The first kappa shape index (κ1) is 12.6. The van der Waals surface area contributed by atoms with Gasteiger partial charge in [0.25, 0.3) is 0 Å². The fourth-order valence-corrected chi connectivity index (χ4v) is 2.05. The van der Waals surface area contributed by atoms with E-state index in [1.165, 1.54) is 0 Å². The van der Waals surface area contributed by atoms with E-state index in [2.05, 4.69) is 15.5 Å². The van der Waals surface area contributed by atoms with Crippen LogP contribution in [0.3, 0.4) is 0 Å². The molecular formula is C8H15ClN4OS. The van der Waals surface area contributed by atoms with E-state index in [0.29, 0.717) is 11.6 Å². The Labute approximate surface area is 96.6 Å². The number of nitrogens with zero attached hydrogens (tertiary/aromatic N) is 4. The standard InChI is InChI=1S/C8H15ClN4OS/c1-6(4-5-15(3)14)13-8(7(2)9)10-11-12-13/h6-7H,4-5H2,1-3H3. The normalized spacial score (nSPS) is 17.3. The Bertz CT molecular complexity index is 341. The molecule has 1 aromatic rings. The molecule has 0 aromatic carbocycles. The van der Waals surface area contributed by atoms with Crippen molar-refractivity contribution < 1.29 is 4.21 Å². The second-order valence-corrected chi connectivity index (χ2v) is 5.72. The highest BCUT2D eigenvalue weighted by atomic mass is 35.5. The van der Waals surface area contributed by atoms with Crippen LogP contribution in [0.4, 0.5) is 0 Å². The molecule has 3 atom stereocenters. The minimum absolute atomic E-state index is 0.125. The first-order valence-corrected chi connectivity index (χ1v) is 6.90. The van der Waals surface area contributed by atoms with Gasteiger partial charge in [0.2, 0.25) is 0 Å². The average Bonchev–Trinajstić information content (AvgIpc) is 2.62. The van der Waals surface area contributed by atoms with E-state index in [4.69, 9.17) is 11.6 Å². The predicted molar refractivity (Wildman–Crippen MR) is 60.3 cm³/mol. The quantitative estimate of drug-likeness (QED) is 0.739. The summed E-state index contributed by atoms with van der Waals surface area (Å²) in [7, 11) is -0.780. The highest BCUT2D eigenvalue weighted by Crippen LogP contribution is 2.20. The zero-order chi connectivity index (χ0) is 11.4. The van der Waals surface area contributed by atoms with Gasteiger partial charge in [0, 0.05) is 22.8 Å². The molecule has 0 bridgehead atoms. The van der Waals surface area contributed by atoms with Gasteiger partial charge in [-0.2, -0.15) is 0 Å². The summed E-state index contributed by atoms with van der Waals surface area (Å²) in [4.78, 5) is 0. The maximum atomic E-state index is 11.0. The fourth-order valence-electron chi connectivity index (χ4n) is 1.24. The molecule has 0 aliphatic carbocycles. The Hall–Kier alpha value is -0.490. The minimum Gasteiger partial charge on any atom is -0.260 e. The van der Waals surface area contributed by atoms with Crippen molar-refractivity contribution in [2.24, 2.45) is 0 Å². The number of aromatic nitrogens is 4. The summed E-state index contributed by atoms with van der Waals surface area (Å²) in [6.45, 7) is 3.82. The van der Waals surface area contributed by atoms with Crippen molar-refractivity contribution in [1.29, 1.82) is 0 Å². The molecule has 7 heteroatoms. The number of hydrogen-bond acceptors (Lipinski definition) is 4. The lowest BCUT2D eigenvalue weighted by Crippen LogP contribution is -2.14. The highest BCUT2D eigenvalue weighted by molar-refractivity contribution is 7.84. The molecule has 5 nitrogen and oxygen atoms in total. The van der Waals surface area contributed by atoms with E-state index < -0.39 is 10.8 Å². The first-order valence-electron chi connectivity index (χ1n) is 4.74. The molecule has 86 valence electrons. The molecule has 1 aromatic heterocycles. The van der Waals surface area contributed by atoms with Crippen molar-refractivity contribution >= 4 is 22.4 Å². The van der Waals surface area contributed by atoms with Crippen molar-refractivity contribution in [2.75, 3.05) is 12.0 Å².